The fraction of sp³-hybridized carbons (Fsp3) is 0.680. The van der Waals surface area contributed by atoms with Crippen LogP contribution in [-0.4, -0.2) is 60.5 Å². The molecule has 9 nitrogen and oxygen atoms in total. The normalized spacial score (nSPS) is 24.0. The molecule has 3 heterocycles. The van der Waals surface area contributed by atoms with Gasteiger partial charge in [-0.3, -0.25) is 4.79 Å². The molecule has 1 aromatic heterocycles. The molecule has 3 aliphatic rings. The standard InChI is InChI=1S/C25H34N4O5/c26-16-25(8-12-33-13-9-25)24(32)29-21(23(30)31)7-11-34-20-14-17(15-20)3-5-19-6-4-18-2-1-10-27-22(18)28-19/h4,6,17,20-21H,1-3,5,7-15H2,(H,27,28)(H,29,32)(H,30,31)/t17?,20?,21-/m0/s1. The van der Waals surface area contributed by atoms with Crippen molar-refractivity contribution in [2.75, 3.05) is 31.7 Å². The van der Waals surface area contributed by atoms with E-state index in [1.54, 1.807) is 0 Å². The van der Waals surface area contributed by atoms with Crippen LogP contribution in [0.25, 0.3) is 0 Å². The highest BCUT2D eigenvalue weighted by atomic mass is 16.5. The summed E-state index contributed by atoms with van der Waals surface area (Å²) in [4.78, 5) is 29.0. The van der Waals surface area contributed by atoms with Crippen LogP contribution >= 0.6 is 0 Å². The SMILES string of the molecule is N#CC1(C(=O)N[C@@H](CCOC2CC(CCc3ccc4c(n3)NCCC4)C2)C(=O)O)CCOCC1. The highest BCUT2D eigenvalue weighted by Gasteiger charge is 2.42. The molecule has 0 bridgehead atoms. The molecule has 34 heavy (non-hydrogen) atoms. The van der Waals surface area contributed by atoms with E-state index in [4.69, 9.17) is 14.5 Å². The predicted octanol–water partition coefficient (Wildman–Crippen LogP) is 2.45. The van der Waals surface area contributed by atoms with Crippen molar-refractivity contribution in [1.29, 1.82) is 5.26 Å². The lowest BCUT2D eigenvalue weighted by Gasteiger charge is -2.35. The van der Waals surface area contributed by atoms with Gasteiger partial charge in [0, 0.05) is 38.5 Å². The first-order chi connectivity index (χ1) is 16.5. The lowest BCUT2D eigenvalue weighted by molar-refractivity contribution is -0.145. The van der Waals surface area contributed by atoms with E-state index in [1.807, 2.05) is 0 Å². The van der Waals surface area contributed by atoms with Crippen molar-refractivity contribution in [2.24, 2.45) is 11.3 Å². The molecule has 0 unspecified atom stereocenters. The second-order valence-electron chi connectivity index (χ2n) is 9.67. The van der Waals surface area contributed by atoms with E-state index in [0.717, 1.165) is 56.6 Å². The van der Waals surface area contributed by atoms with Crippen LogP contribution in [0, 0.1) is 22.7 Å². The Balaban J connectivity index is 1.15. The van der Waals surface area contributed by atoms with Gasteiger partial charge in [-0.15, -0.1) is 0 Å². The maximum absolute atomic E-state index is 12.6. The summed E-state index contributed by atoms with van der Waals surface area (Å²) in [6, 6.07) is 5.33. The van der Waals surface area contributed by atoms with Gasteiger partial charge in [0.1, 0.15) is 17.3 Å². The second-order valence-corrected chi connectivity index (χ2v) is 9.67. The number of anilines is 1. The average molecular weight is 471 g/mol. The summed E-state index contributed by atoms with van der Waals surface area (Å²) in [5.41, 5.74) is 1.22. The largest absolute Gasteiger partial charge is 0.480 e. The second kappa shape index (κ2) is 11.2. The molecule has 2 aliphatic heterocycles. The van der Waals surface area contributed by atoms with Gasteiger partial charge in [0.15, 0.2) is 0 Å². The van der Waals surface area contributed by atoms with Crippen LogP contribution in [0.1, 0.15) is 56.2 Å². The zero-order valence-electron chi connectivity index (χ0n) is 19.6. The third-order valence-electron chi connectivity index (χ3n) is 7.31. The zero-order chi connectivity index (χ0) is 24.0. The number of aromatic nitrogens is 1. The minimum absolute atomic E-state index is 0.134. The molecule has 1 aliphatic carbocycles. The van der Waals surface area contributed by atoms with E-state index in [9.17, 15) is 20.0 Å². The summed E-state index contributed by atoms with van der Waals surface area (Å²) in [6.07, 6.45) is 7.06. The number of aryl methyl sites for hydroxylation is 2. The third-order valence-corrected chi connectivity index (χ3v) is 7.31. The third kappa shape index (κ3) is 5.86. The number of carbonyl (C=O) groups is 2. The number of pyridine rings is 1. The first-order valence-corrected chi connectivity index (χ1v) is 12.4. The van der Waals surface area contributed by atoms with Crippen molar-refractivity contribution in [3.63, 3.8) is 0 Å². The summed E-state index contributed by atoms with van der Waals surface area (Å²) < 4.78 is 11.1. The summed E-state index contributed by atoms with van der Waals surface area (Å²) >= 11 is 0. The Kier molecular flexibility index (Phi) is 8.01. The highest BCUT2D eigenvalue weighted by Crippen LogP contribution is 2.34. The minimum atomic E-state index is -1.21. The lowest BCUT2D eigenvalue weighted by atomic mass is 9.79. The number of hydrogen-bond acceptors (Lipinski definition) is 7. The van der Waals surface area contributed by atoms with E-state index in [-0.39, 0.29) is 32.0 Å². The van der Waals surface area contributed by atoms with Gasteiger partial charge < -0.3 is 25.2 Å². The Morgan fingerprint density at radius 1 is 1.35 bits per heavy atom. The van der Waals surface area contributed by atoms with E-state index in [0.29, 0.717) is 19.1 Å². The summed E-state index contributed by atoms with van der Waals surface area (Å²) in [5.74, 6) is -0.0121. The Hall–Kier alpha value is -2.70. The number of aliphatic carboxylic acids is 1. The maximum atomic E-state index is 12.6. The number of nitrogens with zero attached hydrogens (tertiary/aromatic N) is 2. The summed E-state index contributed by atoms with van der Waals surface area (Å²) in [6.45, 7) is 1.90. The van der Waals surface area contributed by atoms with E-state index >= 15 is 0 Å². The number of nitrogens with one attached hydrogen (secondary N) is 2. The molecule has 184 valence electrons. The monoisotopic (exact) mass is 470 g/mol. The average Bonchev–Trinajstić information content (AvgIpc) is 2.84. The van der Waals surface area contributed by atoms with Gasteiger partial charge >= 0.3 is 5.97 Å². The Morgan fingerprint density at radius 2 is 2.15 bits per heavy atom. The van der Waals surface area contributed by atoms with Crippen molar-refractivity contribution >= 4 is 17.7 Å². The molecule has 1 atom stereocenters. The van der Waals surface area contributed by atoms with E-state index < -0.39 is 23.3 Å². The highest BCUT2D eigenvalue weighted by molar-refractivity contribution is 5.89. The van der Waals surface area contributed by atoms with Gasteiger partial charge in [-0.1, -0.05) is 6.07 Å². The van der Waals surface area contributed by atoms with Crippen LogP contribution in [0.5, 0.6) is 0 Å². The maximum Gasteiger partial charge on any atom is 0.326 e. The first-order valence-electron chi connectivity index (χ1n) is 12.4. The van der Waals surface area contributed by atoms with Crippen molar-refractivity contribution in [1.82, 2.24) is 10.3 Å². The molecule has 1 amide bonds. The van der Waals surface area contributed by atoms with Crippen LogP contribution in [0.4, 0.5) is 5.82 Å². The molecule has 3 N–H and O–H groups in total. The molecule has 0 spiro atoms. The Bertz CT molecular complexity index is 918. The van der Waals surface area contributed by atoms with Gasteiger partial charge in [-0.2, -0.15) is 5.26 Å². The number of ether oxygens (including phenoxy) is 2. The fourth-order valence-corrected chi connectivity index (χ4v) is 4.92. The van der Waals surface area contributed by atoms with Gasteiger partial charge in [-0.05, 0) is 68.9 Å². The molecule has 1 saturated heterocycles. The van der Waals surface area contributed by atoms with Crippen LogP contribution in [-0.2, 0) is 31.9 Å². The molecule has 0 radical (unpaired) electrons. The summed E-state index contributed by atoms with van der Waals surface area (Å²) in [7, 11) is 0. The molecule has 2 fully saturated rings. The predicted molar refractivity (Wildman–Crippen MR) is 124 cm³/mol. The van der Waals surface area contributed by atoms with E-state index in [2.05, 4.69) is 28.8 Å². The smallest absolute Gasteiger partial charge is 0.326 e. The molecule has 9 heteroatoms. The van der Waals surface area contributed by atoms with Crippen LogP contribution in [0.3, 0.4) is 0 Å². The van der Waals surface area contributed by atoms with Gasteiger partial charge in [0.05, 0.1) is 12.2 Å². The molecular formula is C25H34N4O5. The Labute approximate surface area is 200 Å². The van der Waals surface area contributed by atoms with Crippen LogP contribution in [0.2, 0.25) is 0 Å². The van der Waals surface area contributed by atoms with Gasteiger partial charge in [-0.25, -0.2) is 9.78 Å². The number of hydrogen-bond donors (Lipinski definition) is 3. The first kappa shape index (κ1) is 24.4. The van der Waals surface area contributed by atoms with Crippen molar-refractivity contribution < 1.29 is 24.2 Å². The molecule has 1 saturated carbocycles. The topological polar surface area (TPSA) is 134 Å². The quantitative estimate of drug-likeness (QED) is 0.475. The van der Waals surface area contributed by atoms with Gasteiger partial charge in [0.25, 0.3) is 0 Å². The minimum Gasteiger partial charge on any atom is -0.480 e. The number of rotatable bonds is 10. The molecular weight excluding hydrogens is 436 g/mol. The molecule has 0 aromatic carbocycles. The van der Waals surface area contributed by atoms with Crippen molar-refractivity contribution in [3.05, 3.63) is 23.4 Å². The van der Waals surface area contributed by atoms with Crippen LogP contribution < -0.4 is 10.6 Å². The number of carbonyl (C=O) groups excluding carboxylic acids is 1. The number of fused-ring (bicyclic) bond motifs is 1. The molecule has 4 rings (SSSR count). The number of amides is 1. The van der Waals surface area contributed by atoms with Gasteiger partial charge in [0.2, 0.25) is 5.91 Å². The number of nitriles is 1. The number of carboxylic acids is 1. The zero-order valence-corrected chi connectivity index (χ0v) is 19.6. The molecule has 1 aromatic rings. The van der Waals surface area contributed by atoms with Crippen molar-refractivity contribution in [3.8, 4) is 6.07 Å². The Morgan fingerprint density at radius 3 is 2.88 bits per heavy atom. The summed E-state index contributed by atoms with van der Waals surface area (Å²) in [5, 5.41) is 24.9. The number of carboxylic acid groups (broad SMARTS) is 1. The van der Waals surface area contributed by atoms with E-state index in [1.165, 1.54) is 5.56 Å². The van der Waals surface area contributed by atoms with Crippen LogP contribution in [0.15, 0.2) is 12.1 Å². The van der Waals surface area contributed by atoms with Crippen molar-refractivity contribution in [2.45, 2.75) is 69.9 Å². The lowest BCUT2D eigenvalue weighted by Crippen LogP contribution is -2.50. The fourth-order valence-electron chi connectivity index (χ4n) is 4.92.